The van der Waals surface area contributed by atoms with Gasteiger partial charge in [-0.2, -0.15) is 0 Å². The Morgan fingerprint density at radius 2 is 1.63 bits per heavy atom. The molecule has 0 atom stereocenters. The summed E-state index contributed by atoms with van der Waals surface area (Å²) in [6.07, 6.45) is 0. The molecular weight excluding hydrogens is 466 g/mol. The number of hydrogen-bond acceptors (Lipinski definition) is 5. The fraction of sp³-hybridized carbons (Fsp3) is 0.148. The average Bonchev–Trinajstić information content (AvgIpc) is 3.05. The van der Waals surface area contributed by atoms with Crippen molar-refractivity contribution >= 4 is 46.4 Å². The molecule has 0 saturated heterocycles. The monoisotopic (exact) mass is 489 g/mol. The quantitative estimate of drug-likeness (QED) is 0.434. The Hall–Kier alpha value is -4.10. The maximum Gasteiger partial charge on any atom is 0.283 e. The zero-order valence-corrected chi connectivity index (χ0v) is 20.3. The lowest BCUT2D eigenvalue weighted by Gasteiger charge is -2.16. The van der Waals surface area contributed by atoms with E-state index in [1.807, 2.05) is 32.9 Å². The summed E-state index contributed by atoms with van der Waals surface area (Å²) in [5.74, 6) is -0.780. The number of ether oxygens (including phenoxy) is 1. The molecule has 0 unspecified atom stereocenters. The van der Waals surface area contributed by atoms with E-state index in [1.165, 1.54) is 0 Å². The van der Waals surface area contributed by atoms with Crippen LogP contribution in [0.5, 0.6) is 5.75 Å². The molecular formula is C27H24ClN3O4. The number of aryl methyl sites for hydroxylation is 2. The van der Waals surface area contributed by atoms with E-state index in [0.29, 0.717) is 35.0 Å². The van der Waals surface area contributed by atoms with Gasteiger partial charge < -0.3 is 15.4 Å². The second-order valence-corrected chi connectivity index (χ2v) is 8.41. The molecule has 0 spiro atoms. The first-order valence-electron chi connectivity index (χ1n) is 11.1. The Balaban J connectivity index is 1.53. The van der Waals surface area contributed by atoms with Crippen LogP contribution in [0.25, 0.3) is 0 Å². The molecule has 0 bridgehead atoms. The molecule has 1 heterocycles. The highest BCUT2D eigenvalue weighted by Gasteiger charge is 2.39. The first-order valence-corrected chi connectivity index (χ1v) is 11.4. The van der Waals surface area contributed by atoms with Crippen molar-refractivity contribution in [3.63, 3.8) is 0 Å². The van der Waals surface area contributed by atoms with Crippen LogP contribution in [-0.4, -0.2) is 24.3 Å². The molecule has 7 nitrogen and oxygen atoms in total. The molecule has 2 N–H and O–H groups in total. The van der Waals surface area contributed by atoms with Gasteiger partial charge in [-0.15, -0.1) is 0 Å². The molecule has 1 aliphatic rings. The predicted octanol–water partition coefficient (Wildman–Crippen LogP) is 5.39. The molecule has 0 radical (unpaired) electrons. The Bertz CT molecular complexity index is 1330. The molecule has 0 aromatic heterocycles. The Labute approximate surface area is 208 Å². The summed E-state index contributed by atoms with van der Waals surface area (Å²) in [4.78, 5) is 39.7. The number of nitrogens with zero attached hydrogens (tertiary/aromatic N) is 1. The minimum absolute atomic E-state index is 0.0376. The molecule has 3 aromatic rings. The molecule has 1 aliphatic heterocycles. The number of benzene rings is 3. The first kappa shape index (κ1) is 24.0. The first-order chi connectivity index (χ1) is 16.8. The van der Waals surface area contributed by atoms with Crippen LogP contribution >= 0.6 is 11.6 Å². The molecule has 0 fully saturated rings. The van der Waals surface area contributed by atoms with Gasteiger partial charge in [0.25, 0.3) is 17.7 Å². The van der Waals surface area contributed by atoms with Gasteiger partial charge in [0.15, 0.2) is 0 Å². The van der Waals surface area contributed by atoms with Crippen molar-refractivity contribution in [1.82, 2.24) is 0 Å². The number of anilines is 3. The zero-order valence-electron chi connectivity index (χ0n) is 19.5. The summed E-state index contributed by atoms with van der Waals surface area (Å²) in [5.41, 5.74) is 3.64. The number of rotatable bonds is 7. The number of nitrogens with one attached hydrogen (secondary N) is 2. The molecule has 0 aliphatic carbocycles. The molecule has 178 valence electrons. The van der Waals surface area contributed by atoms with E-state index < -0.39 is 11.8 Å². The smallest absolute Gasteiger partial charge is 0.283 e. The molecule has 35 heavy (non-hydrogen) atoms. The van der Waals surface area contributed by atoms with Gasteiger partial charge in [0.05, 0.1) is 12.3 Å². The fourth-order valence-corrected chi connectivity index (χ4v) is 3.79. The van der Waals surface area contributed by atoms with Crippen LogP contribution in [0.4, 0.5) is 17.1 Å². The standard InChI is InChI=1S/C27H24ClN3O4/c1-4-35-21-13-9-19(10-14-21)29-25(32)18-8-7-17(3)22(15-18)30-24-23(28)26(33)31(27(24)34)20-11-5-16(2)6-12-20/h5-15,30H,4H2,1-3H3,(H,29,32). The molecule has 4 rings (SSSR count). The number of carbonyl (C=O) groups excluding carboxylic acids is 3. The highest BCUT2D eigenvalue weighted by atomic mass is 35.5. The van der Waals surface area contributed by atoms with Crippen LogP contribution in [-0.2, 0) is 9.59 Å². The zero-order chi connectivity index (χ0) is 25.1. The van der Waals surface area contributed by atoms with Crippen LogP contribution in [0, 0.1) is 13.8 Å². The lowest BCUT2D eigenvalue weighted by atomic mass is 10.1. The maximum absolute atomic E-state index is 13.1. The molecule has 3 aromatic carbocycles. The highest BCUT2D eigenvalue weighted by Crippen LogP contribution is 2.31. The SMILES string of the molecule is CCOc1ccc(NC(=O)c2ccc(C)c(NC3=C(Cl)C(=O)N(c4ccc(C)cc4)C3=O)c2)cc1. The summed E-state index contributed by atoms with van der Waals surface area (Å²) < 4.78 is 5.42. The highest BCUT2D eigenvalue weighted by molar-refractivity contribution is 6.53. The van der Waals surface area contributed by atoms with E-state index in [-0.39, 0.29) is 16.6 Å². The minimum atomic E-state index is -0.606. The van der Waals surface area contributed by atoms with Crippen molar-refractivity contribution in [2.45, 2.75) is 20.8 Å². The van der Waals surface area contributed by atoms with Crippen molar-refractivity contribution in [2.24, 2.45) is 0 Å². The van der Waals surface area contributed by atoms with Crippen molar-refractivity contribution in [2.75, 3.05) is 22.1 Å². The number of imide groups is 1. The van der Waals surface area contributed by atoms with Crippen LogP contribution < -0.4 is 20.3 Å². The second-order valence-electron chi connectivity index (χ2n) is 8.04. The van der Waals surface area contributed by atoms with E-state index >= 15 is 0 Å². The number of carbonyl (C=O) groups is 3. The van der Waals surface area contributed by atoms with Gasteiger partial charge in [-0.3, -0.25) is 14.4 Å². The van der Waals surface area contributed by atoms with Crippen LogP contribution in [0.3, 0.4) is 0 Å². The summed E-state index contributed by atoms with van der Waals surface area (Å²) in [5, 5.41) is 5.60. The van der Waals surface area contributed by atoms with E-state index in [0.717, 1.165) is 16.0 Å². The third-order valence-corrected chi connectivity index (χ3v) is 5.85. The average molecular weight is 490 g/mol. The fourth-order valence-electron chi connectivity index (χ4n) is 3.58. The number of hydrogen-bond donors (Lipinski definition) is 2. The maximum atomic E-state index is 13.1. The lowest BCUT2D eigenvalue weighted by Crippen LogP contribution is -2.32. The van der Waals surface area contributed by atoms with Crippen molar-refractivity contribution < 1.29 is 19.1 Å². The van der Waals surface area contributed by atoms with E-state index in [1.54, 1.807) is 54.6 Å². The second kappa shape index (κ2) is 10.0. The van der Waals surface area contributed by atoms with Gasteiger partial charge in [0.1, 0.15) is 16.5 Å². The topological polar surface area (TPSA) is 87.7 Å². The third-order valence-electron chi connectivity index (χ3n) is 5.50. The van der Waals surface area contributed by atoms with Gasteiger partial charge in [-0.1, -0.05) is 35.4 Å². The van der Waals surface area contributed by atoms with Gasteiger partial charge in [0, 0.05) is 16.9 Å². The van der Waals surface area contributed by atoms with Gasteiger partial charge in [-0.25, -0.2) is 4.90 Å². The van der Waals surface area contributed by atoms with Crippen LogP contribution in [0.1, 0.15) is 28.4 Å². The van der Waals surface area contributed by atoms with Crippen LogP contribution in [0.15, 0.2) is 77.5 Å². The van der Waals surface area contributed by atoms with Crippen molar-refractivity contribution in [3.05, 3.63) is 94.1 Å². The van der Waals surface area contributed by atoms with Gasteiger partial charge in [-0.05, 0) is 74.9 Å². The largest absolute Gasteiger partial charge is 0.494 e. The Kier molecular flexibility index (Phi) is 6.89. The summed E-state index contributed by atoms with van der Waals surface area (Å²) in [6, 6.07) is 19.1. The van der Waals surface area contributed by atoms with E-state index in [4.69, 9.17) is 16.3 Å². The molecule has 8 heteroatoms. The summed E-state index contributed by atoms with van der Waals surface area (Å²) >= 11 is 6.26. The van der Waals surface area contributed by atoms with Crippen LogP contribution in [0.2, 0.25) is 0 Å². The lowest BCUT2D eigenvalue weighted by molar-refractivity contribution is -0.120. The normalized spacial score (nSPS) is 13.3. The predicted molar refractivity (Wildman–Crippen MR) is 137 cm³/mol. The van der Waals surface area contributed by atoms with E-state index in [2.05, 4.69) is 10.6 Å². The summed E-state index contributed by atoms with van der Waals surface area (Å²) in [6.45, 7) is 6.19. The van der Waals surface area contributed by atoms with Crippen molar-refractivity contribution in [3.8, 4) is 5.75 Å². The molecule has 3 amide bonds. The summed E-state index contributed by atoms with van der Waals surface area (Å²) in [7, 11) is 0. The van der Waals surface area contributed by atoms with E-state index in [9.17, 15) is 14.4 Å². The number of halogens is 1. The van der Waals surface area contributed by atoms with Crippen molar-refractivity contribution in [1.29, 1.82) is 0 Å². The van der Waals surface area contributed by atoms with Gasteiger partial charge >= 0.3 is 0 Å². The van der Waals surface area contributed by atoms with Gasteiger partial charge in [0.2, 0.25) is 0 Å². The third kappa shape index (κ3) is 5.05. The molecule has 0 saturated carbocycles. The Morgan fingerprint density at radius 1 is 0.943 bits per heavy atom. The minimum Gasteiger partial charge on any atom is -0.494 e. The number of amides is 3. The Morgan fingerprint density at radius 3 is 2.29 bits per heavy atom.